The van der Waals surface area contributed by atoms with E-state index >= 15 is 0 Å². The fraction of sp³-hybridized carbons (Fsp3) is 0.889. The molecule has 88 valence electrons. The smallest absolute Gasteiger partial charge is 0.314 e. The van der Waals surface area contributed by atoms with Crippen molar-refractivity contribution in [3.63, 3.8) is 0 Å². The van der Waals surface area contributed by atoms with Gasteiger partial charge in [0, 0.05) is 20.6 Å². The molecule has 0 saturated carbocycles. The number of hydrogen-bond acceptors (Lipinski definition) is 4. The summed E-state index contributed by atoms with van der Waals surface area (Å²) < 4.78 is 10.4. The summed E-state index contributed by atoms with van der Waals surface area (Å²) in [6.07, 6.45) is -1.11. The first-order valence-electron chi connectivity index (χ1n) is 4.86. The molecule has 1 saturated heterocycles. The second-order valence-electron chi connectivity index (χ2n) is 3.75. The summed E-state index contributed by atoms with van der Waals surface area (Å²) in [4.78, 5) is 12.3. The van der Waals surface area contributed by atoms with Crippen molar-refractivity contribution in [3.8, 4) is 0 Å². The van der Waals surface area contributed by atoms with Crippen LogP contribution in [0.1, 0.15) is 13.3 Å². The SMILES string of the molecule is CO[C@H]1C[C@H](N(C)C(N)=O)[C@H](O)[C@H](C)O1. The molecule has 0 spiro atoms. The first-order chi connectivity index (χ1) is 6.97. The van der Waals surface area contributed by atoms with Gasteiger partial charge in [0.2, 0.25) is 0 Å². The Kier molecular flexibility index (Phi) is 3.90. The maximum Gasteiger partial charge on any atom is 0.314 e. The third-order valence-electron chi connectivity index (χ3n) is 2.78. The largest absolute Gasteiger partial charge is 0.388 e. The lowest BCUT2D eigenvalue weighted by Crippen LogP contribution is -2.56. The summed E-state index contributed by atoms with van der Waals surface area (Å²) in [7, 11) is 3.08. The van der Waals surface area contributed by atoms with Crippen molar-refractivity contribution in [2.75, 3.05) is 14.2 Å². The molecule has 1 fully saturated rings. The third-order valence-corrected chi connectivity index (χ3v) is 2.78. The number of ether oxygens (including phenoxy) is 2. The molecule has 4 atom stereocenters. The zero-order valence-electron chi connectivity index (χ0n) is 9.21. The Bertz CT molecular complexity index is 236. The van der Waals surface area contributed by atoms with Gasteiger partial charge in [-0.25, -0.2) is 4.79 Å². The second kappa shape index (κ2) is 4.78. The molecule has 3 N–H and O–H groups in total. The van der Waals surface area contributed by atoms with E-state index in [2.05, 4.69) is 0 Å². The van der Waals surface area contributed by atoms with Crippen LogP contribution in [0.2, 0.25) is 0 Å². The van der Waals surface area contributed by atoms with E-state index in [4.69, 9.17) is 15.2 Å². The van der Waals surface area contributed by atoms with Crippen LogP contribution in [0.3, 0.4) is 0 Å². The molecule has 0 aliphatic carbocycles. The van der Waals surface area contributed by atoms with Gasteiger partial charge in [0.05, 0.1) is 12.1 Å². The van der Waals surface area contributed by atoms with Crippen molar-refractivity contribution in [2.45, 2.75) is 37.9 Å². The van der Waals surface area contributed by atoms with Gasteiger partial charge in [0.25, 0.3) is 0 Å². The van der Waals surface area contributed by atoms with E-state index in [1.807, 2.05) is 0 Å². The van der Waals surface area contributed by atoms with Crippen LogP contribution in [-0.2, 0) is 9.47 Å². The van der Waals surface area contributed by atoms with E-state index in [1.54, 1.807) is 14.0 Å². The van der Waals surface area contributed by atoms with Crippen molar-refractivity contribution in [1.29, 1.82) is 0 Å². The number of rotatable bonds is 2. The molecule has 1 aliphatic heterocycles. The molecule has 15 heavy (non-hydrogen) atoms. The van der Waals surface area contributed by atoms with Gasteiger partial charge in [0.1, 0.15) is 6.10 Å². The number of aliphatic hydroxyl groups is 1. The molecule has 0 aromatic heterocycles. The summed E-state index contributed by atoms with van der Waals surface area (Å²) in [6.45, 7) is 1.73. The van der Waals surface area contributed by atoms with Gasteiger partial charge in [-0.3, -0.25) is 0 Å². The first-order valence-corrected chi connectivity index (χ1v) is 4.86. The second-order valence-corrected chi connectivity index (χ2v) is 3.75. The Labute approximate surface area is 88.9 Å². The Morgan fingerprint density at radius 1 is 1.67 bits per heavy atom. The van der Waals surface area contributed by atoms with Gasteiger partial charge in [-0.1, -0.05) is 0 Å². The molecule has 1 aliphatic rings. The van der Waals surface area contributed by atoms with Crippen LogP contribution in [0.15, 0.2) is 0 Å². The fourth-order valence-electron chi connectivity index (χ4n) is 1.73. The number of aliphatic hydroxyl groups excluding tert-OH is 1. The number of nitrogens with zero attached hydrogens (tertiary/aromatic N) is 1. The number of methoxy groups -OCH3 is 1. The van der Waals surface area contributed by atoms with Crippen LogP contribution in [0.4, 0.5) is 4.79 Å². The maximum atomic E-state index is 11.0. The number of carbonyl (C=O) groups is 1. The standard InChI is InChI=1S/C9H18N2O4/c1-5-8(12)6(11(2)9(10)13)4-7(14-3)15-5/h5-8,12H,4H2,1-3H3,(H2,10,13)/t5-,6-,7+,8+/m0/s1. The Balaban J connectivity index is 2.72. The van der Waals surface area contributed by atoms with E-state index in [9.17, 15) is 9.90 Å². The molecule has 0 radical (unpaired) electrons. The lowest BCUT2D eigenvalue weighted by molar-refractivity contribution is -0.222. The average molecular weight is 218 g/mol. The summed E-state index contributed by atoms with van der Waals surface area (Å²) in [5.74, 6) is 0. The highest BCUT2D eigenvalue weighted by atomic mass is 16.7. The minimum Gasteiger partial charge on any atom is -0.388 e. The topological polar surface area (TPSA) is 85.0 Å². The Hall–Kier alpha value is -0.850. The molecule has 6 heteroatoms. The van der Waals surface area contributed by atoms with E-state index in [1.165, 1.54) is 12.0 Å². The van der Waals surface area contributed by atoms with Crippen molar-refractivity contribution in [1.82, 2.24) is 4.90 Å². The number of urea groups is 1. The molecular formula is C9H18N2O4. The average Bonchev–Trinajstić information content (AvgIpc) is 2.20. The highest BCUT2D eigenvalue weighted by Gasteiger charge is 2.38. The van der Waals surface area contributed by atoms with Crippen molar-refractivity contribution < 1.29 is 19.4 Å². The van der Waals surface area contributed by atoms with Crippen molar-refractivity contribution in [3.05, 3.63) is 0 Å². The van der Waals surface area contributed by atoms with Crippen LogP contribution < -0.4 is 5.73 Å². The van der Waals surface area contributed by atoms with E-state index in [0.29, 0.717) is 6.42 Å². The quantitative estimate of drug-likeness (QED) is 0.654. The number of primary amides is 1. The first kappa shape index (κ1) is 12.2. The molecule has 2 amide bonds. The number of likely N-dealkylation sites (N-methyl/N-ethyl adjacent to an activating group) is 1. The molecule has 0 aromatic rings. The molecule has 6 nitrogen and oxygen atoms in total. The zero-order valence-corrected chi connectivity index (χ0v) is 9.21. The minimum absolute atomic E-state index is 0.365. The monoisotopic (exact) mass is 218 g/mol. The lowest BCUT2D eigenvalue weighted by atomic mass is 9.98. The van der Waals surface area contributed by atoms with E-state index < -0.39 is 18.4 Å². The van der Waals surface area contributed by atoms with Gasteiger partial charge in [-0.15, -0.1) is 0 Å². The zero-order chi connectivity index (χ0) is 11.6. The molecule has 0 aromatic carbocycles. The number of carbonyl (C=O) groups excluding carboxylic acids is 1. The Morgan fingerprint density at radius 3 is 2.73 bits per heavy atom. The maximum absolute atomic E-state index is 11.0. The minimum atomic E-state index is -0.742. The molecule has 0 bridgehead atoms. The molecular weight excluding hydrogens is 200 g/mol. The number of amides is 2. The highest BCUT2D eigenvalue weighted by molar-refractivity contribution is 5.72. The van der Waals surface area contributed by atoms with Crippen LogP contribution in [0.25, 0.3) is 0 Å². The van der Waals surface area contributed by atoms with Crippen LogP contribution in [-0.4, -0.2) is 54.7 Å². The van der Waals surface area contributed by atoms with Crippen molar-refractivity contribution >= 4 is 6.03 Å². The molecule has 1 heterocycles. The highest BCUT2D eigenvalue weighted by Crippen LogP contribution is 2.23. The number of nitrogens with two attached hydrogens (primary N) is 1. The number of hydrogen-bond donors (Lipinski definition) is 2. The van der Waals surface area contributed by atoms with E-state index in [-0.39, 0.29) is 12.1 Å². The predicted octanol–water partition coefficient (Wildman–Crippen LogP) is -0.492. The summed E-state index contributed by atoms with van der Waals surface area (Å²) in [5, 5.41) is 9.84. The summed E-state index contributed by atoms with van der Waals surface area (Å²) in [6, 6.07) is -0.931. The normalized spacial score (nSPS) is 36.3. The molecule has 1 rings (SSSR count). The summed E-state index contributed by atoms with van der Waals surface area (Å²) in [5.41, 5.74) is 5.16. The third kappa shape index (κ3) is 2.58. The van der Waals surface area contributed by atoms with Gasteiger partial charge in [0.15, 0.2) is 6.29 Å². The van der Waals surface area contributed by atoms with Gasteiger partial charge in [-0.05, 0) is 6.92 Å². The van der Waals surface area contributed by atoms with Crippen LogP contribution >= 0.6 is 0 Å². The van der Waals surface area contributed by atoms with Gasteiger partial charge in [-0.2, -0.15) is 0 Å². The van der Waals surface area contributed by atoms with Gasteiger partial charge >= 0.3 is 6.03 Å². The predicted molar refractivity (Wildman–Crippen MR) is 53.1 cm³/mol. The van der Waals surface area contributed by atoms with Crippen molar-refractivity contribution in [2.24, 2.45) is 5.73 Å². The molecule has 0 unspecified atom stereocenters. The van der Waals surface area contributed by atoms with Gasteiger partial charge < -0.3 is 25.2 Å². The van der Waals surface area contributed by atoms with Crippen LogP contribution in [0.5, 0.6) is 0 Å². The lowest BCUT2D eigenvalue weighted by Gasteiger charge is -2.40. The Morgan fingerprint density at radius 2 is 2.27 bits per heavy atom. The summed E-state index contributed by atoms with van der Waals surface area (Å²) >= 11 is 0. The van der Waals surface area contributed by atoms with E-state index in [0.717, 1.165) is 0 Å². The van der Waals surface area contributed by atoms with Crippen LogP contribution in [0, 0.1) is 0 Å². The fourth-order valence-corrected chi connectivity index (χ4v) is 1.73.